The molecule has 1 fully saturated rings. The molecule has 4 rings (SSSR count). The van der Waals surface area contributed by atoms with Crippen LogP contribution in [0.15, 0.2) is 47.4 Å². The molecule has 0 atom stereocenters. The third-order valence-electron chi connectivity index (χ3n) is 4.48. The zero-order valence-electron chi connectivity index (χ0n) is 13.9. The van der Waals surface area contributed by atoms with Gasteiger partial charge in [0, 0.05) is 31.4 Å². The summed E-state index contributed by atoms with van der Waals surface area (Å²) in [4.78, 5) is 26.7. The van der Waals surface area contributed by atoms with Gasteiger partial charge in [0.25, 0.3) is 11.8 Å². The Morgan fingerprint density at radius 3 is 2.73 bits per heavy atom. The van der Waals surface area contributed by atoms with Crippen molar-refractivity contribution in [3.63, 3.8) is 0 Å². The average molecular weight is 353 g/mol. The fourth-order valence-electron chi connectivity index (χ4n) is 3.06. The Morgan fingerprint density at radius 2 is 2.00 bits per heavy atom. The molecule has 7 nitrogen and oxygen atoms in total. The van der Waals surface area contributed by atoms with E-state index in [0.29, 0.717) is 43.3 Å². The molecule has 1 aliphatic rings. The summed E-state index contributed by atoms with van der Waals surface area (Å²) in [5.74, 6) is 0.247. The van der Waals surface area contributed by atoms with Crippen LogP contribution in [0, 0.1) is 5.82 Å². The highest BCUT2D eigenvalue weighted by Crippen LogP contribution is 2.28. The second kappa shape index (κ2) is 6.99. The minimum atomic E-state index is -0.494. The summed E-state index contributed by atoms with van der Waals surface area (Å²) >= 11 is 0. The summed E-state index contributed by atoms with van der Waals surface area (Å²) in [5, 5.41) is 4.04. The standard InChI is InChI=1S/C18H16FN5O2/c19-14-4-2-1-3-13(14)18(25)24-9-5-12(6-10-24)16-22-17(26-23-16)15-11-20-7-8-21-15/h1-4,7-8,11-12H,5-6,9-10H2. The van der Waals surface area contributed by atoms with Gasteiger partial charge in [-0.15, -0.1) is 0 Å². The number of hydrogen-bond donors (Lipinski definition) is 0. The number of nitrogens with zero attached hydrogens (tertiary/aromatic N) is 5. The lowest BCUT2D eigenvalue weighted by Gasteiger charge is -2.30. The van der Waals surface area contributed by atoms with Gasteiger partial charge in [-0.1, -0.05) is 17.3 Å². The molecule has 1 aromatic carbocycles. The van der Waals surface area contributed by atoms with E-state index in [0.717, 1.165) is 0 Å². The van der Waals surface area contributed by atoms with E-state index in [9.17, 15) is 9.18 Å². The van der Waals surface area contributed by atoms with E-state index in [-0.39, 0.29) is 17.4 Å². The van der Waals surface area contributed by atoms with Crippen molar-refractivity contribution in [2.75, 3.05) is 13.1 Å². The van der Waals surface area contributed by atoms with E-state index in [1.54, 1.807) is 35.6 Å². The van der Waals surface area contributed by atoms with Gasteiger partial charge in [-0.2, -0.15) is 4.98 Å². The van der Waals surface area contributed by atoms with Gasteiger partial charge >= 0.3 is 0 Å². The molecule has 0 saturated carbocycles. The maximum atomic E-state index is 13.8. The number of aromatic nitrogens is 4. The highest BCUT2D eigenvalue weighted by Gasteiger charge is 2.28. The third kappa shape index (κ3) is 3.17. The Morgan fingerprint density at radius 1 is 1.19 bits per heavy atom. The maximum absolute atomic E-state index is 13.8. The van der Waals surface area contributed by atoms with Gasteiger partial charge in [0.15, 0.2) is 5.82 Å². The fraction of sp³-hybridized carbons (Fsp3) is 0.278. The van der Waals surface area contributed by atoms with Gasteiger partial charge in [0.05, 0.1) is 11.8 Å². The smallest absolute Gasteiger partial charge is 0.278 e. The minimum absolute atomic E-state index is 0.0915. The van der Waals surface area contributed by atoms with Gasteiger partial charge in [0.1, 0.15) is 11.5 Å². The molecule has 3 aromatic rings. The van der Waals surface area contributed by atoms with Crippen molar-refractivity contribution >= 4 is 5.91 Å². The summed E-state index contributed by atoms with van der Waals surface area (Å²) in [7, 11) is 0. The van der Waals surface area contributed by atoms with Crippen molar-refractivity contribution in [2.24, 2.45) is 0 Å². The quantitative estimate of drug-likeness (QED) is 0.720. The van der Waals surface area contributed by atoms with Crippen molar-refractivity contribution in [3.8, 4) is 11.6 Å². The SMILES string of the molecule is O=C(c1ccccc1F)N1CCC(c2noc(-c3cnccn3)n2)CC1. The summed E-state index contributed by atoms with van der Waals surface area (Å²) in [6, 6.07) is 6.04. The minimum Gasteiger partial charge on any atom is -0.339 e. The second-order valence-electron chi connectivity index (χ2n) is 6.09. The van der Waals surface area contributed by atoms with Crippen LogP contribution in [0.3, 0.4) is 0 Å². The number of carbonyl (C=O) groups excluding carboxylic acids is 1. The number of hydrogen-bond acceptors (Lipinski definition) is 6. The van der Waals surface area contributed by atoms with Crippen LogP contribution in [0.2, 0.25) is 0 Å². The Labute approximate surface area is 148 Å². The Bertz CT molecular complexity index is 907. The summed E-state index contributed by atoms with van der Waals surface area (Å²) in [6.07, 6.45) is 6.08. The largest absolute Gasteiger partial charge is 0.339 e. The molecule has 8 heteroatoms. The van der Waals surface area contributed by atoms with Crippen LogP contribution in [0.4, 0.5) is 4.39 Å². The van der Waals surface area contributed by atoms with Gasteiger partial charge < -0.3 is 9.42 Å². The lowest BCUT2D eigenvalue weighted by atomic mass is 9.95. The van der Waals surface area contributed by atoms with Crippen LogP contribution in [0.25, 0.3) is 11.6 Å². The van der Waals surface area contributed by atoms with E-state index >= 15 is 0 Å². The van der Waals surface area contributed by atoms with E-state index in [4.69, 9.17) is 4.52 Å². The second-order valence-corrected chi connectivity index (χ2v) is 6.09. The Hall–Kier alpha value is -3.16. The van der Waals surface area contributed by atoms with Gasteiger partial charge in [0.2, 0.25) is 0 Å². The van der Waals surface area contributed by atoms with Crippen molar-refractivity contribution in [2.45, 2.75) is 18.8 Å². The number of rotatable bonds is 3. The number of benzene rings is 1. The first-order valence-electron chi connectivity index (χ1n) is 8.36. The van der Waals surface area contributed by atoms with Crippen LogP contribution in [0.1, 0.15) is 34.9 Å². The molecular weight excluding hydrogens is 337 g/mol. The summed E-state index contributed by atoms with van der Waals surface area (Å²) in [5.41, 5.74) is 0.633. The maximum Gasteiger partial charge on any atom is 0.278 e. The Kier molecular flexibility index (Phi) is 4.39. The number of likely N-dealkylation sites (tertiary alicyclic amines) is 1. The molecular formula is C18H16FN5O2. The molecule has 0 N–H and O–H groups in total. The zero-order valence-corrected chi connectivity index (χ0v) is 13.9. The van der Waals surface area contributed by atoms with Crippen LogP contribution in [-0.2, 0) is 0 Å². The molecule has 1 aliphatic heterocycles. The number of carbonyl (C=O) groups is 1. The number of piperidine rings is 1. The van der Waals surface area contributed by atoms with Crippen molar-refractivity contribution in [3.05, 3.63) is 60.1 Å². The molecule has 1 saturated heterocycles. The molecule has 26 heavy (non-hydrogen) atoms. The molecule has 1 amide bonds. The first kappa shape index (κ1) is 16.3. The first-order chi connectivity index (χ1) is 12.7. The van der Waals surface area contributed by atoms with Crippen molar-refractivity contribution in [1.29, 1.82) is 0 Å². The summed E-state index contributed by atoms with van der Waals surface area (Å²) < 4.78 is 19.1. The van der Waals surface area contributed by atoms with Gasteiger partial charge in [-0.25, -0.2) is 9.37 Å². The first-order valence-corrected chi connectivity index (χ1v) is 8.36. The lowest BCUT2D eigenvalue weighted by molar-refractivity contribution is 0.0706. The predicted molar refractivity (Wildman–Crippen MR) is 89.6 cm³/mol. The van der Waals surface area contributed by atoms with E-state index < -0.39 is 5.82 Å². The van der Waals surface area contributed by atoms with Gasteiger partial charge in [-0.05, 0) is 25.0 Å². The highest BCUT2D eigenvalue weighted by molar-refractivity contribution is 5.94. The summed E-state index contributed by atoms with van der Waals surface area (Å²) in [6.45, 7) is 1.04. The average Bonchev–Trinajstić information content (AvgIpc) is 3.19. The molecule has 0 radical (unpaired) electrons. The van der Waals surface area contributed by atoms with E-state index in [1.165, 1.54) is 12.1 Å². The molecule has 0 unspecified atom stereocenters. The highest BCUT2D eigenvalue weighted by atomic mass is 19.1. The van der Waals surface area contributed by atoms with Crippen LogP contribution in [0.5, 0.6) is 0 Å². The third-order valence-corrected chi connectivity index (χ3v) is 4.48. The molecule has 0 bridgehead atoms. The van der Waals surface area contributed by atoms with Crippen LogP contribution >= 0.6 is 0 Å². The molecule has 132 valence electrons. The van der Waals surface area contributed by atoms with E-state index in [2.05, 4.69) is 20.1 Å². The monoisotopic (exact) mass is 353 g/mol. The fourth-order valence-corrected chi connectivity index (χ4v) is 3.06. The lowest BCUT2D eigenvalue weighted by Crippen LogP contribution is -2.38. The Balaban J connectivity index is 1.42. The normalized spacial score (nSPS) is 15.2. The van der Waals surface area contributed by atoms with Crippen LogP contribution < -0.4 is 0 Å². The van der Waals surface area contributed by atoms with Crippen LogP contribution in [-0.4, -0.2) is 44.0 Å². The van der Waals surface area contributed by atoms with Crippen molar-refractivity contribution < 1.29 is 13.7 Å². The number of halogens is 1. The molecule has 0 spiro atoms. The van der Waals surface area contributed by atoms with Gasteiger partial charge in [-0.3, -0.25) is 9.78 Å². The zero-order chi connectivity index (χ0) is 17.9. The molecule has 0 aliphatic carbocycles. The topological polar surface area (TPSA) is 85.0 Å². The molecule has 3 heterocycles. The number of amides is 1. The predicted octanol–water partition coefficient (Wildman–Crippen LogP) is 2.69. The van der Waals surface area contributed by atoms with E-state index in [1.807, 2.05) is 0 Å². The van der Waals surface area contributed by atoms with Crippen molar-refractivity contribution in [1.82, 2.24) is 25.0 Å². The molecule has 2 aromatic heterocycles.